The van der Waals surface area contributed by atoms with E-state index in [9.17, 15) is 4.79 Å². The highest BCUT2D eigenvalue weighted by Gasteiger charge is 2.44. The number of nitrogens with zero attached hydrogens (tertiary/aromatic N) is 1. The average molecular weight is 275 g/mol. The lowest BCUT2D eigenvalue weighted by Crippen LogP contribution is -2.25. The first kappa shape index (κ1) is 13.4. The zero-order valence-corrected chi connectivity index (χ0v) is 11.9. The first-order valence-corrected chi connectivity index (χ1v) is 7.30. The fourth-order valence-corrected chi connectivity index (χ4v) is 2.96. The van der Waals surface area contributed by atoms with Crippen LogP contribution in [-0.2, 0) is 4.74 Å². The van der Waals surface area contributed by atoms with Crippen molar-refractivity contribution in [1.82, 2.24) is 4.90 Å². The van der Waals surface area contributed by atoms with Crippen LogP contribution in [0.4, 0.5) is 0 Å². The van der Waals surface area contributed by atoms with Gasteiger partial charge in [0, 0.05) is 19.6 Å². The number of piperidine rings is 1. The molecule has 0 bridgehead atoms. The molecule has 1 aromatic carbocycles. The lowest BCUT2D eigenvalue weighted by molar-refractivity contribution is 0.0600. The highest BCUT2D eigenvalue weighted by molar-refractivity contribution is 5.89. The number of rotatable bonds is 6. The van der Waals surface area contributed by atoms with Crippen LogP contribution in [0.25, 0.3) is 0 Å². The first-order chi connectivity index (χ1) is 9.76. The molecule has 108 valence electrons. The predicted octanol–water partition coefficient (Wildman–Crippen LogP) is 2.19. The molecule has 1 aliphatic carbocycles. The third-order valence-corrected chi connectivity index (χ3v) is 4.22. The quantitative estimate of drug-likeness (QED) is 0.589. The Morgan fingerprint density at radius 3 is 2.60 bits per heavy atom. The number of hydrogen-bond donors (Lipinski definition) is 0. The summed E-state index contributed by atoms with van der Waals surface area (Å²) in [5.41, 5.74) is 0.552. The normalized spacial score (nSPS) is 24.2. The molecule has 2 atom stereocenters. The molecule has 0 N–H and O–H groups in total. The van der Waals surface area contributed by atoms with Crippen molar-refractivity contribution in [2.24, 2.45) is 11.8 Å². The van der Waals surface area contributed by atoms with Gasteiger partial charge in [-0.3, -0.25) is 0 Å². The summed E-state index contributed by atoms with van der Waals surface area (Å²) in [6, 6.07) is 7.10. The molecule has 1 aromatic rings. The highest BCUT2D eigenvalue weighted by atomic mass is 16.5. The minimum atomic E-state index is -0.316. The Kier molecular flexibility index (Phi) is 3.92. The van der Waals surface area contributed by atoms with Gasteiger partial charge in [-0.2, -0.15) is 0 Å². The number of hydrogen-bond acceptors (Lipinski definition) is 4. The number of methoxy groups -OCH3 is 1. The van der Waals surface area contributed by atoms with E-state index in [1.165, 1.54) is 26.6 Å². The van der Waals surface area contributed by atoms with Crippen molar-refractivity contribution < 1.29 is 14.3 Å². The molecular weight excluding hydrogens is 254 g/mol. The van der Waals surface area contributed by atoms with E-state index in [0.717, 1.165) is 37.2 Å². The lowest BCUT2D eigenvalue weighted by atomic mass is 10.2. The second-order valence-electron chi connectivity index (χ2n) is 5.73. The first-order valence-electron chi connectivity index (χ1n) is 7.30. The smallest absolute Gasteiger partial charge is 0.337 e. The third-order valence-electron chi connectivity index (χ3n) is 4.22. The van der Waals surface area contributed by atoms with E-state index in [-0.39, 0.29) is 5.97 Å². The molecule has 0 aromatic heterocycles. The summed E-state index contributed by atoms with van der Waals surface area (Å²) >= 11 is 0. The van der Waals surface area contributed by atoms with Crippen LogP contribution >= 0.6 is 0 Å². The highest BCUT2D eigenvalue weighted by Crippen LogP contribution is 2.44. The van der Waals surface area contributed by atoms with Crippen LogP contribution in [0.15, 0.2) is 24.3 Å². The summed E-state index contributed by atoms with van der Waals surface area (Å²) < 4.78 is 10.4. The van der Waals surface area contributed by atoms with Crippen molar-refractivity contribution in [2.45, 2.75) is 12.8 Å². The molecule has 2 aliphatic rings. The summed E-state index contributed by atoms with van der Waals surface area (Å²) in [4.78, 5) is 13.8. The van der Waals surface area contributed by atoms with E-state index >= 15 is 0 Å². The summed E-state index contributed by atoms with van der Waals surface area (Å²) in [6.07, 6.45) is 2.51. The molecule has 2 fully saturated rings. The van der Waals surface area contributed by atoms with E-state index in [1.54, 1.807) is 12.1 Å². The maximum atomic E-state index is 11.3. The molecule has 0 spiro atoms. The monoisotopic (exact) mass is 275 g/mol. The van der Waals surface area contributed by atoms with Crippen LogP contribution in [0.5, 0.6) is 5.75 Å². The van der Waals surface area contributed by atoms with Crippen molar-refractivity contribution in [2.75, 3.05) is 33.4 Å². The number of benzene rings is 1. The standard InChI is InChI=1S/C16H21NO3/c1-19-16(18)12-3-5-15(6-4-12)20-8-2-7-17-10-13-9-14(13)11-17/h3-6,13-14H,2,7-11H2,1H3. The molecular formula is C16H21NO3. The molecule has 0 radical (unpaired) electrons. The molecule has 1 saturated heterocycles. The van der Waals surface area contributed by atoms with Crippen molar-refractivity contribution in [3.05, 3.63) is 29.8 Å². The predicted molar refractivity (Wildman–Crippen MR) is 75.9 cm³/mol. The van der Waals surface area contributed by atoms with Gasteiger partial charge in [-0.15, -0.1) is 0 Å². The van der Waals surface area contributed by atoms with Gasteiger partial charge in [-0.25, -0.2) is 4.79 Å². The van der Waals surface area contributed by atoms with Gasteiger partial charge >= 0.3 is 5.97 Å². The minimum Gasteiger partial charge on any atom is -0.494 e. The number of carbonyl (C=O) groups is 1. The average Bonchev–Trinajstić information content (AvgIpc) is 3.10. The number of fused-ring (bicyclic) bond motifs is 1. The van der Waals surface area contributed by atoms with Gasteiger partial charge in [0.15, 0.2) is 0 Å². The number of ether oxygens (including phenoxy) is 2. The molecule has 1 aliphatic heterocycles. The molecule has 3 rings (SSSR count). The molecule has 20 heavy (non-hydrogen) atoms. The van der Waals surface area contributed by atoms with Gasteiger partial charge in [-0.1, -0.05) is 0 Å². The maximum absolute atomic E-state index is 11.3. The molecule has 2 unspecified atom stereocenters. The Balaban J connectivity index is 1.36. The van der Waals surface area contributed by atoms with Crippen molar-refractivity contribution >= 4 is 5.97 Å². The van der Waals surface area contributed by atoms with Gasteiger partial charge in [0.25, 0.3) is 0 Å². The molecule has 1 heterocycles. The number of likely N-dealkylation sites (tertiary alicyclic amines) is 1. The SMILES string of the molecule is COC(=O)c1ccc(OCCCN2CC3CC3C2)cc1. The molecule has 0 amide bonds. The number of carbonyl (C=O) groups excluding carboxylic acids is 1. The largest absolute Gasteiger partial charge is 0.494 e. The fourth-order valence-electron chi connectivity index (χ4n) is 2.96. The zero-order valence-electron chi connectivity index (χ0n) is 11.9. The van der Waals surface area contributed by atoms with Crippen molar-refractivity contribution in [3.63, 3.8) is 0 Å². The Morgan fingerprint density at radius 2 is 1.95 bits per heavy atom. The summed E-state index contributed by atoms with van der Waals surface area (Å²) in [6.45, 7) is 4.44. The van der Waals surface area contributed by atoms with E-state index in [4.69, 9.17) is 4.74 Å². The minimum absolute atomic E-state index is 0.316. The van der Waals surface area contributed by atoms with Crippen molar-refractivity contribution in [3.8, 4) is 5.75 Å². The van der Waals surface area contributed by atoms with E-state index in [2.05, 4.69) is 9.64 Å². The zero-order chi connectivity index (χ0) is 13.9. The van der Waals surface area contributed by atoms with Gasteiger partial charge < -0.3 is 14.4 Å². The summed E-state index contributed by atoms with van der Waals surface area (Å²) in [5.74, 6) is 2.50. The van der Waals surface area contributed by atoms with E-state index < -0.39 is 0 Å². The second kappa shape index (κ2) is 5.83. The summed E-state index contributed by atoms with van der Waals surface area (Å²) in [5, 5.41) is 0. The van der Waals surface area contributed by atoms with Gasteiger partial charge in [0.1, 0.15) is 5.75 Å². The molecule has 1 saturated carbocycles. The fraction of sp³-hybridized carbons (Fsp3) is 0.562. The van der Waals surface area contributed by atoms with Gasteiger partial charge in [0.05, 0.1) is 19.3 Å². The second-order valence-corrected chi connectivity index (χ2v) is 5.73. The Bertz CT molecular complexity index is 461. The molecule has 4 nitrogen and oxygen atoms in total. The van der Waals surface area contributed by atoms with Crippen LogP contribution in [0.2, 0.25) is 0 Å². The Morgan fingerprint density at radius 1 is 1.25 bits per heavy atom. The van der Waals surface area contributed by atoms with Crippen LogP contribution in [-0.4, -0.2) is 44.2 Å². The molecule has 4 heteroatoms. The van der Waals surface area contributed by atoms with Crippen LogP contribution in [0, 0.1) is 11.8 Å². The maximum Gasteiger partial charge on any atom is 0.337 e. The Labute approximate surface area is 119 Å². The van der Waals surface area contributed by atoms with Crippen molar-refractivity contribution in [1.29, 1.82) is 0 Å². The van der Waals surface area contributed by atoms with Gasteiger partial charge in [-0.05, 0) is 48.9 Å². The Hall–Kier alpha value is -1.55. The van der Waals surface area contributed by atoms with Crippen LogP contribution in [0.3, 0.4) is 0 Å². The third kappa shape index (κ3) is 3.12. The van der Waals surface area contributed by atoms with E-state index in [0.29, 0.717) is 5.56 Å². The summed E-state index contributed by atoms with van der Waals surface area (Å²) in [7, 11) is 1.38. The van der Waals surface area contributed by atoms with Crippen LogP contribution < -0.4 is 4.74 Å². The lowest BCUT2D eigenvalue weighted by Gasteiger charge is -2.17. The topological polar surface area (TPSA) is 38.8 Å². The number of esters is 1. The van der Waals surface area contributed by atoms with Gasteiger partial charge in [0.2, 0.25) is 0 Å². The van der Waals surface area contributed by atoms with Crippen LogP contribution in [0.1, 0.15) is 23.2 Å². The van der Waals surface area contributed by atoms with E-state index in [1.807, 2.05) is 12.1 Å².